The molecule has 138 valence electrons. The Morgan fingerprint density at radius 1 is 1.19 bits per heavy atom. The molecule has 0 radical (unpaired) electrons. The number of thioether (sulfide) groups is 1. The van der Waals surface area contributed by atoms with E-state index in [2.05, 4.69) is 5.32 Å². The lowest BCUT2D eigenvalue weighted by molar-refractivity contribution is -0.119. The number of anilines is 1. The molecule has 0 fully saturated rings. The third-order valence-corrected chi connectivity index (χ3v) is 4.64. The van der Waals surface area contributed by atoms with Crippen molar-refractivity contribution in [3.8, 4) is 0 Å². The molecule has 0 saturated carbocycles. The van der Waals surface area contributed by atoms with E-state index < -0.39 is 23.9 Å². The summed E-state index contributed by atoms with van der Waals surface area (Å²) in [5, 5.41) is 3.31. The average Bonchev–Trinajstić information content (AvgIpc) is 2.67. The van der Waals surface area contributed by atoms with Crippen LogP contribution in [0.25, 0.3) is 11.0 Å². The smallest absolute Gasteiger partial charge is 0.374 e. The number of amides is 1. The quantitative estimate of drug-likeness (QED) is 0.512. The SMILES string of the molecule is CSc1ccccc1NC(=O)COC(=O)c1cc(=O)c2cc(Cl)ccc2o1. The van der Waals surface area contributed by atoms with Gasteiger partial charge in [-0.25, -0.2) is 4.79 Å². The number of hydrogen-bond acceptors (Lipinski definition) is 6. The van der Waals surface area contributed by atoms with E-state index in [0.29, 0.717) is 10.7 Å². The summed E-state index contributed by atoms with van der Waals surface area (Å²) in [6.07, 6.45) is 1.89. The van der Waals surface area contributed by atoms with E-state index in [-0.39, 0.29) is 16.7 Å². The Morgan fingerprint density at radius 3 is 2.74 bits per heavy atom. The van der Waals surface area contributed by atoms with Crippen LogP contribution >= 0.6 is 23.4 Å². The number of nitrogens with one attached hydrogen (secondary N) is 1. The Kier molecular flexibility index (Phi) is 5.83. The minimum atomic E-state index is -0.905. The number of rotatable bonds is 5. The van der Waals surface area contributed by atoms with E-state index in [9.17, 15) is 14.4 Å². The Morgan fingerprint density at radius 2 is 1.96 bits per heavy atom. The lowest BCUT2D eigenvalue weighted by Crippen LogP contribution is -2.21. The fourth-order valence-corrected chi connectivity index (χ4v) is 3.09. The van der Waals surface area contributed by atoms with Crippen molar-refractivity contribution < 1.29 is 18.7 Å². The molecule has 3 rings (SSSR count). The first-order valence-electron chi connectivity index (χ1n) is 7.81. The molecule has 2 aromatic carbocycles. The summed E-state index contributed by atoms with van der Waals surface area (Å²) in [6, 6.07) is 12.8. The maximum absolute atomic E-state index is 12.1. The highest BCUT2D eigenvalue weighted by atomic mass is 35.5. The molecule has 6 nitrogen and oxygen atoms in total. The largest absolute Gasteiger partial charge is 0.450 e. The molecule has 0 spiro atoms. The summed E-state index contributed by atoms with van der Waals surface area (Å²) in [5.41, 5.74) is 0.404. The predicted molar refractivity (Wildman–Crippen MR) is 105 cm³/mol. The van der Waals surface area contributed by atoms with Crippen molar-refractivity contribution in [2.45, 2.75) is 4.90 Å². The molecule has 1 aromatic heterocycles. The number of carbonyl (C=O) groups is 2. The Hall–Kier alpha value is -2.77. The molecule has 1 heterocycles. The van der Waals surface area contributed by atoms with E-state index in [0.717, 1.165) is 11.0 Å². The maximum atomic E-state index is 12.1. The van der Waals surface area contributed by atoms with Crippen molar-refractivity contribution in [2.24, 2.45) is 0 Å². The van der Waals surface area contributed by atoms with Gasteiger partial charge in [-0.2, -0.15) is 0 Å². The Bertz CT molecular complexity index is 1080. The van der Waals surface area contributed by atoms with Crippen LogP contribution in [-0.2, 0) is 9.53 Å². The van der Waals surface area contributed by atoms with Gasteiger partial charge in [0.25, 0.3) is 5.91 Å². The van der Waals surface area contributed by atoms with Crippen molar-refractivity contribution in [3.63, 3.8) is 0 Å². The molecule has 0 aliphatic rings. The zero-order valence-corrected chi connectivity index (χ0v) is 15.7. The molecule has 0 aliphatic heterocycles. The van der Waals surface area contributed by atoms with Crippen LogP contribution in [0.4, 0.5) is 5.69 Å². The van der Waals surface area contributed by atoms with Crippen LogP contribution in [0, 0.1) is 0 Å². The molecule has 0 aliphatic carbocycles. The van der Waals surface area contributed by atoms with Gasteiger partial charge in [-0.15, -0.1) is 11.8 Å². The van der Waals surface area contributed by atoms with Crippen LogP contribution < -0.4 is 10.7 Å². The highest BCUT2D eigenvalue weighted by Crippen LogP contribution is 2.24. The number of esters is 1. The number of benzene rings is 2. The van der Waals surface area contributed by atoms with Crippen molar-refractivity contribution in [3.05, 3.63) is 69.5 Å². The van der Waals surface area contributed by atoms with E-state index >= 15 is 0 Å². The lowest BCUT2D eigenvalue weighted by atomic mass is 10.2. The summed E-state index contributed by atoms with van der Waals surface area (Å²) in [4.78, 5) is 37.1. The second-order valence-corrected chi connectivity index (χ2v) is 6.72. The standard InChI is InChI=1S/C19H14ClNO5S/c1-27-17-5-3-2-4-13(17)21-18(23)10-25-19(24)16-9-14(22)12-8-11(20)6-7-15(12)26-16/h2-9H,10H2,1H3,(H,21,23). The fraction of sp³-hybridized carbons (Fsp3) is 0.105. The van der Waals surface area contributed by atoms with E-state index in [4.69, 9.17) is 20.8 Å². The van der Waals surface area contributed by atoms with Gasteiger partial charge in [0.1, 0.15) is 5.58 Å². The number of fused-ring (bicyclic) bond motifs is 1. The summed E-state index contributed by atoms with van der Waals surface area (Å²) >= 11 is 7.33. The van der Waals surface area contributed by atoms with Crippen LogP contribution in [0.15, 0.2) is 62.6 Å². The lowest BCUT2D eigenvalue weighted by Gasteiger charge is -2.09. The van der Waals surface area contributed by atoms with Crippen molar-refractivity contribution >= 4 is 51.9 Å². The molecular formula is C19H14ClNO5S. The van der Waals surface area contributed by atoms with Gasteiger partial charge >= 0.3 is 5.97 Å². The minimum absolute atomic E-state index is 0.206. The highest BCUT2D eigenvalue weighted by Gasteiger charge is 2.16. The van der Waals surface area contributed by atoms with Gasteiger partial charge in [0.2, 0.25) is 5.76 Å². The third kappa shape index (κ3) is 4.50. The van der Waals surface area contributed by atoms with Crippen LogP contribution in [0.5, 0.6) is 0 Å². The molecular weight excluding hydrogens is 390 g/mol. The summed E-state index contributed by atoms with van der Waals surface area (Å²) < 4.78 is 10.3. The van der Waals surface area contributed by atoms with Crippen LogP contribution in [0.2, 0.25) is 5.02 Å². The average molecular weight is 404 g/mol. The van der Waals surface area contributed by atoms with Crippen molar-refractivity contribution in [1.82, 2.24) is 0 Å². The monoisotopic (exact) mass is 403 g/mol. The second kappa shape index (κ2) is 8.28. The molecule has 3 aromatic rings. The first-order chi connectivity index (χ1) is 13.0. The number of halogens is 1. The summed E-state index contributed by atoms with van der Waals surface area (Å²) in [6.45, 7) is -0.510. The molecule has 0 saturated heterocycles. The predicted octanol–water partition coefficient (Wildman–Crippen LogP) is 3.96. The molecule has 0 atom stereocenters. The van der Waals surface area contributed by atoms with Gasteiger partial charge < -0.3 is 14.5 Å². The van der Waals surface area contributed by atoms with Crippen LogP contribution in [-0.4, -0.2) is 24.7 Å². The molecule has 27 heavy (non-hydrogen) atoms. The van der Waals surface area contributed by atoms with Gasteiger partial charge in [-0.3, -0.25) is 9.59 Å². The first kappa shape index (κ1) is 19.0. The topological polar surface area (TPSA) is 85.6 Å². The van der Waals surface area contributed by atoms with Gasteiger partial charge in [0.15, 0.2) is 12.0 Å². The van der Waals surface area contributed by atoms with Crippen LogP contribution in [0.1, 0.15) is 10.6 Å². The molecule has 8 heteroatoms. The highest BCUT2D eigenvalue weighted by molar-refractivity contribution is 7.98. The number of para-hydroxylation sites is 1. The Labute approximate surface area is 163 Å². The maximum Gasteiger partial charge on any atom is 0.374 e. The van der Waals surface area contributed by atoms with Gasteiger partial charge in [-0.05, 0) is 36.6 Å². The van der Waals surface area contributed by atoms with Crippen molar-refractivity contribution in [2.75, 3.05) is 18.2 Å². The summed E-state index contributed by atoms with van der Waals surface area (Å²) in [7, 11) is 0. The van der Waals surface area contributed by atoms with Gasteiger partial charge in [0, 0.05) is 16.0 Å². The third-order valence-electron chi connectivity index (χ3n) is 3.61. The van der Waals surface area contributed by atoms with E-state index in [1.165, 1.54) is 23.9 Å². The number of ether oxygens (including phenoxy) is 1. The molecule has 1 amide bonds. The molecule has 0 bridgehead atoms. The summed E-state index contributed by atoms with van der Waals surface area (Å²) in [5.74, 6) is -1.69. The van der Waals surface area contributed by atoms with Gasteiger partial charge in [0.05, 0.1) is 11.1 Å². The fourth-order valence-electron chi connectivity index (χ4n) is 2.37. The van der Waals surface area contributed by atoms with E-state index in [1.807, 2.05) is 18.4 Å². The number of carbonyl (C=O) groups excluding carboxylic acids is 2. The van der Waals surface area contributed by atoms with Gasteiger partial charge in [-0.1, -0.05) is 23.7 Å². The normalized spacial score (nSPS) is 10.6. The molecule has 1 N–H and O–H groups in total. The Balaban J connectivity index is 1.69. The first-order valence-corrected chi connectivity index (χ1v) is 9.41. The van der Waals surface area contributed by atoms with Crippen molar-refractivity contribution in [1.29, 1.82) is 0 Å². The number of hydrogen-bond donors (Lipinski definition) is 1. The second-order valence-electron chi connectivity index (χ2n) is 5.44. The molecule has 0 unspecified atom stereocenters. The zero-order valence-electron chi connectivity index (χ0n) is 14.2. The van der Waals surface area contributed by atoms with E-state index in [1.54, 1.807) is 18.2 Å². The van der Waals surface area contributed by atoms with Crippen LogP contribution in [0.3, 0.4) is 0 Å². The minimum Gasteiger partial charge on any atom is -0.450 e. The zero-order chi connectivity index (χ0) is 19.4.